The van der Waals surface area contributed by atoms with Gasteiger partial charge in [0.25, 0.3) is 21.8 Å². The molecule has 1 fully saturated rings. The van der Waals surface area contributed by atoms with Crippen LogP contribution in [0.1, 0.15) is 33.6 Å². The van der Waals surface area contributed by atoms with Gasteiger partial charge in [-0.1, -0.05) is 6.07 Å². The molecule has 0 saturated heterocycles. The molecule has 136 valence electrons. The van der Waals surface area contributed by atoms with Crippen LogP contribution in [0.15, 0.2) is 47.5 Å². The zero-order chi connectivity index (χ0) is 18.8. The summed E-state index contributed by atoms with van der Waals surface area (Å²) >= 11 is 0. The van der Waals surface area contributed by atoms with E-state index in [0.29, 0.717) is 18.5 Å². The van der Waals surface area contributed by atoms with Gasteiger partial charge in [-0.15, -0.1) is 10.2 Å². The molecule has 3 heterocycles. The highest BCUT2D eigenvalue weighted by atomic mass is 32.2. The summed E-state index contributed by atoms with van der Waals surface area (Å²) in [6, 6.07) is 9.09. The van der Waals surface area contributed by atoms with Crippen LogP contribution in [-0.4, -0.2) is 45.2 Å². The van der Waals surface area contributed by atoms with Crippen molar-refractivity contribution in [2.75, 3.05) is 5.32 Å². The van der Waals surface area contributed by atoms with E-state index in [0.717, 1.165) is 4.31 Å². The Kier molecular flexibility index (Phi) is 3.17. The summed E-state index contributed by atoms with van der Waals surface area (Å²) in [7, 11) is -3.91. The van der Waals surface area contributed by atoms with Crippen molar-refractivity contribution in [3.05, 3.63) is 53.7 Å². The highest BCUT2D eigenvalue weighted by Crippen LogP contribution is 2.39. The van der Waals surface area contributed by atoms with Crippen molar-refractivity contribution in [1.29, 1.82) is 0 Å². The minimum atomic E-state index is -3.91. The van der Waals surface area contributed by atoms with Crippen molar-refractivity contribution in [2.45, 2.75) is 23.8 Å². The summed E-state index contributed by atoms with van der Waals surface area (Å²) in [5.41, 5.74) is 0.789. The second kappa shape index (κ2) is 5.36. The fraction of sp³-hybridized carbons (Fsp3) is 0.176. The van der Waals surface area contributed by atoms with Crippen LogP contribution in [-0.2, 0) is 10.0 Å². The molecule has 10 heteroatoms. The predicted molar refractivity (Wildman–Crippen MR) is 93.8 cm³/mol. The van der Waals surface area contributed by atoms with Crippen LogP contribution in [0, 0.1) is 0 Å². The number of amides is 2. The van der Waals surface area contributed by atoms with E-state index >= 15 is 0 Å². The zero-order valence-electron chi connectivity index (χ0n) is 13.9. The molecule has 1 aromatic carbocycles. The van der Waals surface area contributed by atoms with Gasteiger partial charge in [0, 0.05) is 17.8 Å². The predicted octanol–water partition coefficient (Wildman–Crippen LogP) is 1.29. The lowest BCUT2D eigenvalue weighted by Gasteiger charge is -2.13. The minimum absolute atomic E-state index is 0.103. The number of fused-ring (bicyclic) bond motifs is 2. The number of rotatable bonds is 3. The van der Waals surface area contributed by atoms with Gasteiger partial charge in [-0.2, -0.15) is 0 Å². The average molecular weight is 383 g/mol. The van der Waals surface area contributed by atoms with Crippen molar-refractivity contribution < 1.29 is 18.0 Å². The molecule has 1 aliphatic heterocycles. The standard InChI is InChI=1S/C17H13N5O4S/c23-15(18-17-20-19-14-3-1-2-8-21(14)17)10-4-7-12-13(9-10)27(25,26)22(16(12)24)11-5-6-11/h1-4,7-9,11H,5-6H2,(H,18,20,23). The number of hydrogen-bond donors (Lipinski definition) is 1. The molecule has 0 radical (unpaired) electrons. The van der Waals surface area contributed by atoms with Crippen molar-refractivity contribution in [3.8, 4) is 0 Å². The van der Waals surface area contributed by atoms with Gasteiger partial charge in [0.2, 0.25) is 5.95 Å². The summed E-state index contributed by atoms with van der Waals surface area (Å²) in [4.78, 5) is 24.9. The minimum Gasteiger partial charge on any atom is -0.290 e. The summed E-state index contributed by atoms with van der Waals surface area (Å²) < 4.78 is 27.9. The summed E-state index contributed by atoms with van der Waals surface area (Å²) in [5.74, 6) is -0.846. The summed E-state index contributed by atoms with van der Waals surface area (Å²) in [6.45, 7) is 0. The Morgan fingerprint density at radius 1 is 1.15 bits per heavy atom. The molecule has 3 aromatic rings. The number of sulfonamides is 1. The first-order valence-corrected chi connectivity index (χ1v) is 9.75. The molecule has 5 rings (SSSR count). The van der Waals surface area contributed by atoms with Gasteiger partial charge in [-0.3, -0.25) is 19.3 Å². The van der Waals surface area contributed by atoms with E-state index in [1.807, 2.05) is 0 Å². The van der Waals surface area contributed by atoms with Crippen molar-refractivity contribution >= 4 is 33.4 Å². The lowest BCUT2D eigenvalue weighted by atomic mass is 10.1. The molecule has 1 aliphatic carbocycles. The molecular formula is C17H13N5O4S. The van der Waals surface area contributed by atoms with Crippen LogP contribution in [0.4, 0.5) is 5.95 Å². The molecule has 2 aromatic heterocycles. The summed E-state index contributed by atoms with van der Waals surface area (Å²) in [6.07, 6.45) is 3.04. The molecule has 1 saturated carbocycles. The van der Waals surface area contributed by atoms with E-state index in [2.05, 4.69) is 15.5 Å². The molecule has 27 heavy (non-hydrogen) atoms. The van der Waals surface area contributed by atoms with Crippen LogP contribution in [0.2, 0.25) is 0 Å². The van der Waals surface area contributed by atoms with Crippen molar-refractivity contribution in [2.24, 2.45) is 0 Å². The topological polar surface area (TPSA) is 114 Å². The fourth-order valence-corrected chi connectivity index (χ4v) is 5.00. The Labute approximate surface area is 153 Å². The first-order valence-electron chi connectivity index (χ1n) is 8.31. The van der Waals surface area contributed by atoms with Crippen LogP contribution >= 0.6 is 0 Å². The van der Waals surface area contributed by atoms with Crippen LogP contribution < -0.4 is 5.32 Å². The lowest BCUT2D eigenvalue weighted by Crippen LogP contribution is -2.31. The highest BCUT2D eigenvalue weighted by Gasteiger charge is 2.48. The van der Waals surface area contributed by atoms with Gasteiger partial charge >= 0.3 is 0 Å². The highest BCUT2D eigenvalue weighted by molar-refractivity contribution is 7.90. The Balaban J connectivity index is 1.50. The molecule has 2 amide bonds. The van der Waals surface area contributed by atoms with Gasteiger partial charge < -0.3 is 0 Å². The van der Waals surface area contributed by atoms with Crippen molar-refractivity contribution in [1.82, 2.24) is 18.9 Å². The maximum atomic E-state index is 12.7. The van der Waals surface area contributed by atoms with Gasteiger partial charge in [-0.05, 0) is 43.2 Å². The third-order valence-electron chi connectivity index (χ3n) is 4.63. The van der Waals surface area contributed by atoms with E-state index in [1.54, 1.807) is 28.8 Å². The normalized spacial score (nSPS) is 17.9. The number of anilines is 1. The number of nitrogens with one attached hydrogen (secondary N) is 1. The van der Waals surface area contributed by atoms with Crippen LogP contribution in [0.3, 0.4) is 0 Å². The molecule has 9 nitrogen and oxygen atoms in total. The summed E-state index contributed by atoms with van der Waals surface area (Å²) in [5, 5.41) is 10.5. The maximum absolute atomic E-state index is 12.7. The fourth-order valence-electron chi connectivity index (χ4n) is 3.16. The molecule has 0 bridgehead atoms. The Hall–Kier alpha value is -3.27. The molecule has 0 unspecified atom stereocenters. The SMILES string of the molecule is O=C(Nc1nnc2ccccn12)c1ccc2c(c1)S(=O)(=O)N(C1CC1)C2=O. The van der Waals surface area contributed by atoms with Crippen LogP contribution in [0.25, 0.3) is 5.65 Å². The van der Waals surface area contributed by atoms with E-state index < -0.39 is 21.8 Å². The first kappa shape index (κ1) is 15.9. The molecule has 0 spiro atoms. The smallest absolute Gasteiger partial charge is 0.269 e. The van der Waals surface area contributed by atoms with Gasteiger partial charge in [-0.25, -0.2) is 12.7 Å². The lowest BCUT2D eigenvalue weighted by molar-refractivity contribution is 0.0864. The second-order valence-corrected chi connectivity index (χ2v) is 8.24. The van der Waals surface area contributed by atoms with Crippen LogP contribution in [0.5, 0.6) is 0 Å². The Morgan fingerprint density at radius 3 is 2.74 bits per heavy atom. The van der Waals surface area contributed by atoms with Gasteiger partial charge in [0.05, 0.1) is 5.56 Å². The number of pyridine rings is 1. The van der Waals surface area contributed by atoms with Gasteiger partial charge in [0.15, 0.2) is 5.65 Å². The van der Waals surface area contributed by atoms with E-state index in [9.17, 15) is 18.0 Å². The van der Waals surface area contributed by atoms with E-state index in [1.165, 1.54) is 18.2 Å². The van der Waals surface area contributed by atoms with E-state index in [-0.39, 0.29) is 28.0 Å². The molecular weight excluding hydrogens is 370 g/mol. The number of carbonyl (C=O) groups is 2. The average Bonchev–Trinajstić information content (AvgIpc) is 3.37. The second-order valence-electron chi connectivity index (χ2n) is 6.45. The molecule has 2 aliphatic rings. The van der Waals surface area contributed by atoms with E-state index in [4.69, 9.17) is 0 Å². The quantitative estimate of drug-likeness (QED) is 0.729. The largest absolute Gasteiger partial charge is 0.290 e. The van der Waals surface area contributed by atoms with Crippen molar-refractivity contribution in [3.63, 3.8) is 0 Å². The third-order valence-corrected chi connectivity index (χ3v) is 6.50. The Bertz CT molecular complexity index is 1230. The Morgan fingerprint density at radius 2 is 1.96 bits per heavy atom. The molecule has 0 atom stereocenters. The van der Waals surface area contributed by atoms with Gasteiger partial charge in [0.1, 0.15) is 4.90 Å². The number of hydrogen-bond acceptors (Lipinski definition) is 6. The number of nitrogens with zero attached hydrogens (tertiary/aromatic N) is 4. The monoisotopic (exact) mass is 383 g/mol. The zero-order valence-corrected chi connectivity index (χ0v) is 14.7. The number of benzene rings is 1. The molecule has 1 N–H and O–H groups in total. The third kappa shape index (κ3) is 2.33. The first-order chi connectivity index (χ1) is 13.0. The maximum Gasteiger partial charge on any atom is 0.269 e. The number of aromatic nitrogens is 3. The number of carbonyl (C=O) groups excluding carboxylic acids is 2.